The Kier molecular flexibility index (Phi) is 3.76. The maximum atomic E-state index is 8.86. The van der Waals surface area contributed by atoms with Crippen molar-refractivity contribution >= 4 is 11.6 Å². The van der Waals surface area contributed by atoms with Gasteiger partial charge in [0.05, 0.1) is 12.5 Å². The molecular formula is C16H13ClN3O. The molecule has 0 N–H and O–H groups in total. The monoisotopic (exact) mass is 298 g/mol. The van der Waals surface area contributed by atoms with Crippen LogP contribution in [0.25, 0.3) is 0 Å². The molecule has 1 aromatic heterocycles. The average molecular weight is 299 g/mol. The molecule has 0 spiro atoms. The molecule has 0 amide bonds. The first-order valence-corrected chi connectivity index (χ1v) is 7.10. The summed E-state index contributed by atoms with van der Waals surface area (Å²) in [4.78, 5) is 0. The van der Waals surface area contributed by atoms with Gasteiger partial charge in [0.15, 0.2) is 5.15 Å². The van der Waals surface area contributed by atoms with E-state index in [0.717, 1.165) is 11.3 Å². The molecule has 1 saturated carbocycles. The molecule has 1 aromatic carbocycles. The summed E-state index contributed by atoms with van der Waals surface area (Å²) in [6.45, 7) is 2.00. The molecule has 1 aliphatic rings. The van der Waals surface area contributed by atoms with Crippen molar-refractivity contribution in [2.24, 2.45) is 0 Å². The summed E-state index contributed by atoms with van der Waals surface area (Å²) in [5, 5.41) is 16.9. The van der Waals surface area contributed by atoms with Gasteiger partial charge in [0.25, 0.3) is 0 Å². The highest BCUT2D eigenvalue weighted by Crippen LogP contribution is 2.46. The van der Waals surface area contributed by atoms with Crippen LogP contribution >= 0.6 is 11.6 Å². The van der Waals surface area contributed by atoms with E-state index in [1.165, 1.54) is 24.8 Å². The SMILES string of the molecule is Cc1cccc(C2CC2)c1Oc1nnc(Cl)cc1[CH]C#N. The molecule has 0 bridgehead atoms. The van der Waals surface area contributed by atoms with Crippen LogP contribution in [0.3, 0.4) is 0 Å². The molecule has 1 heterocycles. The van der Waals surface area contributed by atoms with Crippen molar-refractivity contribution in [2.75, 3.05) is 0 Å². The number of rotatable bonds is 4. The van der Waals surface area contributed by atoms with E-state index in [4.69, 9.17) is 21.6 Å². The van der Waals surface area contributed by atoms with Gasteiger partial charge in [-0.05, 0) is 42.9 Å². The number of ether oxygens (including phenoxy) is 1. The van der Waals surface area contributed by atoms with Gasteiger partial charge in [-0.15, -0.1) is 10.2 Å². The highest BCUT2D eigenvalue weighted by atomic mass is 35.5. The zero-order chi connectivity index (χ0) is 14.8. The first-order chi connectivity index (χ1) is 10.2. The van der Waals surface area contributed by atoms with Crippen LogP contribution in [0.2, 0.25) is 5.15 Å². The second kappa shape index (κ2) is 5.71. The highest BCUT2D eigenvalue weighted by Gasteiger charge is 2.28. The Labute approximate surface area is 128 Å². The number of nitrogens with zero attached hydrogens (tertiary/aromatic N) is 3. The molecule has 5 heteroatoms. The van der Waals surface area contributed by atoms with Gasteiger partial charge in [-0.2, -0.15) is 5.26 Å². The molecule has 21 heavy (non-hydrogen) atoms. The lowest BCUT2D eigenvalue weighted by molar-refractivity contribution is 0.444. The number of hydrogen-bond donors (Lipinski definition) is 0. The van der Waals surface area contributed by atoms with Crippen LogP contribution in [-0.2, 0) is 0 Å². The molecular weight excluding hydrogens is 286 g/mol. The van der Waals surface area contributed by atoms with Crippen molar-refractivity contribution in [3.8, 4) is 17.7 Å². The lowest BCUT2D eigenvalue weighted by Gasteiger charge is -2.14. The quantitative estimate of drug-likeness (QED) is 0.849. The van der Waals surface area contributed by atoms with E-state index in [1.54, 1.807) is 6.07 Å². The summed E-state index contributed by atoms with van der Waals surface area (Å²) >= 11 is 5.82. The Bertz CT molecular complexity index is 720. The number of nitriles is 1. The van der Waals surface area contributed by atoms with Gasteiger partial charge < -0.3 is 4.74 Å². The van der Waals surface area contributed by atoms with Gasteiger partial charge in [0.1, 0.15) is 5.75 Å². The standard InChI is InChI=1S/C16H13ClN3O/c1-10-3-2-4-13(11-5-6-11)15(10)21-16-12(7-8-18)9-14(17)19-20-16/h2-4,7,9,11H,5-6H2,1H3. The van der Waals surface area contributed by atoms with E-state index < -0.39 is 0 Å². The molecule has 1 radical (unpaired) electrons. The fourth-order valence-corrected chi connectivity index (χ4v) is 2.40. The zero-order valence-electron chi connectivity index (χ0n) is 11.5. The van der Waals surface area contributed by atoms with E-state index in [1.807, 2.05) is 25.1 Å². The first-order valence-electron chi connectivity index (χ1n) is 6.72. The third kappa shape index (κ3) is 2.98. The second-order valence-electron chi connectivity index (χ2n) is 5.07. The summed E-state index contributed by atoms with van der Waals surface area (Å²) in [5.41, 5.74) is 2.76. The Balaban J connectivity index is 1.99. The number of aryl methyl sites for hydroxylation is 1. The number of benzene rings is 1. The van der Waals surface area contributed by atoms with Crippen LogP contribution in [0.1, 0.15) is 35.4 Å². The van der Waals surface area contributed by atoms with Gasteiger partial charge >= 0.3 is 0 Å². The minimum atomic E-state index is 0.232. The first kappa shape index (κ1) is 13.8. The molecule has 1 fully saturated rings. The second-order valence-corrected chi connectivity index (χ2v) is 5.46. The summed E-state index contributed by atoms with van der Waals surface area (Å²) in [6.07, 6.45) is 3.72. The number of halogens is 1. The van der Waals surface area contributed by atoms with Crippen molar-refractivity contribution in [1.29, 1.82) is 5.26 Å². The van der Waals surface area contributed by atoms with Crippen LogP contribution in [-0.4, -0.2) is 10.2 Å². The maximum Gasteiger partial charge on any atom is 0.243 e. The lowest BCUT2D eigenvalue weighted by atomic mass is 10.1. The van der Waals surface area contributed by atoms with Crippen molar-refractivity contribution < 1.29 is 4.74 Å². The molecule has 0 unspecified atom stereocenters. The van der Waals surface area contributed by atoms with Crippen LogP contribution in [0.4, 0.5) is 0 Å². The van der Waals surface area contributed by atoms with Crippen LogP contribution in [0, 0.1) is 24.7 Å². The van der Waals surface area contributed by atoms with Crippen molar-refractivity contribution in [3.63, 3.8) is 0 Å². The van der Waals surface area contributed by atoms with E-state index >= 15 is 0 Å². The molecule has 2 aromatic rings. The third-order valence-electron chi connectivity index (χ3n) is 3.44. The summed E-state index contributed by atoms with van der Waals surface area (Å²) in [5.74, 6) is 1.67. The molecule has 3 rings (SSSR count). The van der Waals surface area contributed by atoms with Gasteiger partial charge in [-0.1, -0.05) is 29.8 Å². The zero-order valence-corrected chi connectivity index (χ0v) is 12.3. The van der Waals surface area contributed by atoms with E-state index in [-0.39, 0.29) is 5.15 Å². The number of para-hydroxylation sites is 1. The fraction of sp³-hybridized carbons (Fsp3) is 0.250. The smallest absolute Gasteiger partial charge is 0.243 e. The molecule has 0 saturated heterocycles. The summed E-state index contributed by atoms with van der Waals surface area (Å²) in [7, 11) is 0. The van der Waals surface area contributed by atoms with E-state index in [0.29, 0.717) is 17.4 Å². The van der Waals surface area contributed by atoms with Crippen molar-refractivity contribution in [1.82, 2.24) is 10.2 Å². The predicted octanol–water partition coefficient (Wildman–Crippen LogP) is 4.18. The topological polar surface area (TPSA) is 58.8 Å². The van der Waals surface area contributed by atoms with Crippen LogP contribution in [0.15, 0.2) is 24.3 Å². The lowest BCUT2D eigenvalue weighted by Crippen LogP contribution is -1.99. The van der Waals surface area contributed by atoms with Crippen molar-refractivity contribution in [3.05, 3.63) is 52.5 Å². The Morgan fingerprint density at radius 3 is 2.90 bits per heavy atom. The minimum absolute atomic E-state index is 0.232. The Hall–Kier alpha value is -2.12. The fourth-order valence-electron chi connectivity index (χ4n) is 2.25. The summed E-state index contributed by atoms with van der Waals surface area (Å²) in [6, 6.07) is 9.65. The van der Waals surface area contributed by atoms with Gasteiger partial charge in [0, 0.05) is 5.56 Å². The predicted molar refractivity (Wildman–Crippen MR) is 79.3 cm³/mol. The van der Waals surface area contributed by atoms with Crippen molar-refractivity contribution in [2.45, 2.75) is 25.7 Å². The Morgan fingerprint density at radius 1 is 1.38 bits per heavy atom. The van der Waals surface area contributed by atoms with Crippen LogP contribution < -0.4 is 4.74 Å². The molecule has 4 nitrogen and oxygen atoms in total. The normalized spacial score (nSPS) is 13.8. The molecule has 0 atom stereocenters. The number of aromatic nitrogens is 2. The van der Waals surface area contributed by atoms with Gasteiger partial charge in [-0.3, -0.25) is 0 Å². The van der Waals surface area contributed by atoms with Crippen LogP contribution in [0.5, 0.6) is 11.6 Å². The van der Waals surface area contributed by atoms with E-state index in [9.17, 15) is 0 Å². The highest BCUT2D eigenvalue weighted by molar-refractivity contribution is 6.29. The van der Waals surface area contributed by atoms with E-state index in [2.05, 4.69) is 16.3 Å². The summed E-state index contributed by atoms with van der Waals surface area (Å²) < 4.78 is 5.97. The molecule has 1 aliphatic carbocycles. The average Bonchev–Trinajstić information content (AvgIpc) is 3.28. The molecule has 0 aliphatic heterocycles. The third-order valence-corrected chi connectivity index (χ3v) is 3.62. The minimum Gasteiger partial charge on any atom is -0.437 e. The van der Waals surface area contributed by atoms with Gasteiger partial charge in [0.2, 0.25) is 5.88 Å². The Morgan fingerprint density at radius 2 is 2.19 bits per heavy atom. The maximum absolute atomic E-state index is 8.86. The largest absolute Gasteiger partial charge is 0.437 e. The van der Waals surface area contributed by atoms with Gasteiger partial charge in [-0.25, -0.2) is 0 Å². The number of hydrogen-bond acceptors (Lipinski definition) is 4. The molecule has 105 valence electrons.